The van der Waals surface area contributed by atoms with E-state index < -0.39 is 0 Å². The summed E-state index contributed by atoms with van der Waals surface area (Å²) in [5.41, 5.74) is 1.44. The molecule has 0 aliphatic heterocycles. The third kappa shape index (κ3) is 13.6. The van der Waals surface area contributed by atoms with E-state index in [4.69, 9.17) is 0 Å². The van der Waals surface area contributed by atoms with Crippen molar-refractivity contribution >= 4 is 0 Å². The maximum atomic E-state index is 3.53. The smallest absolute Gasteiger partial charge is 0.00127 e. The maximum absolute atomic E-state index is 3.53. The monoisotopic (exact) mass is 240 g/mol. The number of allylic oxidation sites excluding steroid dienone is 2. The normalized spacial score (nSPS) is 12.8. The molecule has 1 unspecified atom stereocenters. The van der Waals surface area contributed by atoms with Crippen LogP contribution in [0.2, 0.25) is 0 Å². The first-order valence-electron chi connectivity index (χ1n) is 7.01. The Bertz CT molecular complexity index is 193. The summed E-state index contributed by atoms with van der Waals surface area (Å²) >= 11 is 0. The lowest BCUT2D eigenvalue weighted by atomic mass is 10.0. The highest BCUT2D eigenvalue weighted by Gasteiger charge is 2.00. The minimum Gasteiger partial charge on any atom is -0.317 e. The molecule has 2 nitrogen and oxygen atoms in total. The fraction of sp³-hybridized carbons (Fsp3) is 0.867. The van der Waals surface area contributed by atoms with Crippen molar-refractivity contribution in [2.24, 2.45) is 5.92 Å². The molecule has 1 N–H and O–H groups in total. The SMILES string of the molecule is CC(C)=CCCC(C)CCNCCCN(C)C. The van der Waals surface area contributed by atoms with Crippen LogP contribution in [0.4, 0.5) is 0 Å². The predicted molar refractivity (Wildman–Crippen MR) is 78.5 cm³/mol. The van der Waals surface area contributed by atoms with Crippen molar-refractivity contribution in [1.29, 1.82) is 0 Å². The zero-order valence-corrected chi connectivity index (χ0v) is 12.6. The third-order valence-corrected chi connectivity index (χ3v) is 2.98. The standard InChI is InChI=1S/C15H32N2/c1-14(2)8-6-9-15(3)10-12-16-11-7-13-17(4)5/h8,15-16H,6-7,9-13H2,1-5H3. The fourth-order valence-corrected chi connectivity index (χ4v) is 1.79. The Morgan fingerprint density at radius 2 is 1.88 bits per heavy atom. The molecule has 17 heavy (non-hydrogen) atoms. The zero-order valence-electron chi connectivity index (χ0n) is 12.6. The van der Waals surface area contributed by atoms with Gasteiger partial charge in [0.05, 0.1) is 0 Å². The van der Waals surface area contributed by atoms with Crippen molar-refractivity contribution in [3.05, 3.63) is 11.6 Å². The molecule has 0 saturated carbocycles. The van der Waals surface area contributed by atoms with Crippen LogP contribution in [0.1, 0.15) is 46.5 Å². The van der Waals surface area contributed by atoms with Gasteiger partial charge in [0.2, 0.25) is 0 Å². The second-order valence-electron chi connectivity index (χ2n) is 5.66. The van der Waals surface area contributed by atoms with E-state index in [9.17, 15) is 0 Å². The van der Waals surface area contributed by atoms with Gasteiger partial charge in [-0.2, -0.15) is 0 Å². The molecule has 0 fully saturated rings. The predicted octanol–water partition coefficient (Wildman–Crippen LogP) is 3.30. The van der Waals surface area contributed by atoms with Crippen LogP contribution >= 0.6 is 0 Å². The van der Waals surface area contributed by atoms with Gasteiger partial charge in [-0.05, 0) is 79.2 Å². The van der Waals surface area contributed by atoms with Crippen LogP contribution in [-0.4, -0.2) is 38.6 Å². The van der Waals surface area contributed by atoms with Gasteiger partial charge in [-0.1, -0.05) is 18.6 Å². The van der Waals surface area contributed by atoms with Crippen LogP contribution in [0.3, 0.4) is 0 Å². The van der Waals surface area contributed by atoms with Gasteiger partial charge in [0.1, 0.15) is 0 Å². The van der Waals surface area contributed by atoms with E-state index in [1.807, 2.05) is 0 Å². The molecule has 0 saturated heterocycles. The Hall–Kier alpha value is -0.340. The minimum absolute atomic E-state index is 0.840. The van der Waals surface area contributed by atoms with Crippen molar-refractivity contribution in [3.63, 3.8) is 0 Å². The molecule has 0 aromatic heterocycles. The molecule has 0 heterocycles. The van der Waals surface area contributed by atoms with Crippen molar-refractivity contribution in [2.45, 2.75) is 46.5 Å². The average molecular weight is 240 g/mol. The van der Waals surface area contributed by atoms with Gasteiger partial charge in [0.25, 0.3) is 0 Å². The van der Waals surface area contributed by atoms with E-state index in [-0.39, 0.29) is 0 Å². The van der Waals surface area contributed by atoms with E-state index in [0.29, 0.717) is 0 Å². The third-order valence-electron chi connectivity index (χ3n) is 2.98. The number of nitrogens with one attached hydrogen (secondary N) is 1. The van der Waals surface area contributed by atoms with Crippen molar-refractivity contribution in [2.75, 3.05) is 33.7 Å². The summed E-state index contributed by atoms with van der Waals surface area (Å²) in [5.74, 6) is 0.840. The number of nitrogens with zero attached hydrogens (tertiary/aromatic N) is 1. The molecule has 0 amide bonds. The topological polar surface area (TPSA) is 15.3 Å². The molecular formula is C15H32N2. The Morgan fingerprint density at radius 3 is 2.47 bits per heavy atom. The van der Waals surface area contributed by atoms with E-state index in [2.05, 4.69) is 51.2 Å². The second-order valence-corrected chi connectivity index (χ2v) is 5.66. The van der Waals surface area contributed by atoms with Crippen LogP contribution in [0.25, 0.3) is 0 Å². The Balaban J connectivity index is 3.27. The highest BCUT2D eigenvalue weighted by atomic mass is 15.0. The molecule has 0 spiro atoms. The minimum atomic E-state index is 0.840. The molecule has 1 atom stereocenters. The lowest BCUT2D eigenvalue weighted by Crippen LogP contribution is -2.23. The molecule has 0 aromatic carbocycles. The zero-order chi connectivity index (χ0) is 13.1. The van der Waals surface area contributed by atoms with E-state index in [1.54, 1.807) is 0 Å². The van der Waals surface area contributed by atoms with Crippen molar-refractivity contribution in [1.82, 2.24) is 10.2 Å². The Kier molecular flexibility index (Phi) is 10.6. The van der Waals surface area contributed by atoms with Crippen LogP contribution in [0.15, 0.2) is 11.6 Å². The molecule has 0 rings (SSSR count). The molecule has 0 aromatic rings. The van der Waals surface area contributed by atoms with Crippen molar-refractivity contribution in [3.8, 4) is 0 Å². The van der Waals surface area contributed by atoms with Gasteiger partial charge < -0.3 is 10.2 Å². The molecule has 102 valence electrons. The average Bonchev–Trinajstić information content (AvgIpc) is 2.22. The largest absolute Gasteiger partial charge is 0.317 e. The summed E-state index contributed by atoms with van der Waals surface area (Å²) in [6, 6.07) is 0. The summed E-state index contributed by atoms with van der Waals surface area (Å²) in [5, 5.41) is 3.53. The first kappa shape index (κ1) is 16.7. The van der Waals surface area contributed by atoms with Crippen LogP contribution in [0, 0.1) is 5.92 Å². The summed E-state index contributed by atoms with van der Waals surface area (Å²) < 4.78 is 0. The van der Waals surface area contributed by atoms with Gasteiger partial charge in [0.15, 0.2) is 0 Å². The van der Waals surface area contributed by atoms with Crippen LogP contribution in [0.5, 0.6) is 0 Å². The lowest BCUT2D eigenvalue weighted by Gasteiger charge is -2.12. The molecule has 0 aliphatic rings. The molecular weight excluding hydrogens is 208 g/mol. The highest BCUT2D eigenvalue weighted by molar-refractivity contribution is 4.92. The maximum Gasteiger partial charge on any atom is -0.00127 e. The number of hydrogen-bond donors (Lipinski definition) is 1. The summed E-state index contributed by atoms with van der Waals surface area (Å²) in [6.07, 6.45) is 7.47. The van der Waals surface area contributed by atoms with Gasteiger partial charge >= 0.3 is 0 Å². The molecule has 2 heteroatoms. The number of hydrogen-bond acceptors (Lipinski definition) is 2. The Morgan fingerprint density at radius 1 is 1.18 bits per heavy atom. The van der Waals surface area contributed by atoms with E-state index in [1.165, 1.54) is 44.3 Å². The molecule has 0 aliphatic carbocycles. The summed E-state index contributed by atoms with van der Waals surface area (Å²) in [6.45, 7) is 10.2. The summed E-state index contributed by atoms with van der Waals surface area (Å²) in [4.78, 5) is 2.24. The Labute approximate surface area is 108 Å². The van der Waals surface area contributed by atoms with E-state index >= 15 is 0 Å². The van der Waals surface area contributed by atoms with Gasteiger partial charge in [-0.25, -0.2) is 0 Å². The summed E-state index contributed by atoms with van der Waals surface area (Å²) in [7, 11) is 4.26. The second kappa shape index (κ2) is 10.8. The van der Waals surface area contributed by atoms with Gasteiger partial charge in [-0.15, -0.1) is 0 Å². The van der Waals surface area contributed by atoms with Crippen LogP contribution < -0.4 is 5.32 Å². The number of rotatable bonds is 10. The quantitative estimate of drug-likeness (QED) is 0.465. The van der Waals surface area contributed by atoms with Crippen molar-refractivity contribution < 1.29 is 0 Å². The highest BCUT2D eigenvalue weighted by Crippen LogP contribution is 2.10. The van der Waals surface area contributed by atoms with Gasteiger partial charge in [0, 0.05) is 0 Å². The van der Waals surface area contributed by atoms with E-state index in [0.717, 1.165) is 12.5 Å². The lowest BCUT2D eigenvalue weighted by molar-refractivity contribution is 0.390. The first-order chi connectivity index (χ1) is 8.02. The first-order valence-corrected chi connectivity index (χ1v) is 7.01. The van der Waals surface area contributed by atoms with Gasteiger partial charge in [-0.3, -0.25) is 0 Å². The fourth-order valence-electron chi connectivity index (χ4n) is 1.79. The molecule has 0 bridgehead atoms. The van der Waals surface area contributed by atoms with Crippen LogP contribution in [-0.2, 0) is 0 Å². The molecule has 0 radical (unpaired) electrons.